The third kappa shape index (κ3) is 6.11. The third-order valence-corrected chi connectivity index (χ3v) is 6.19. The molecule has 1 aliphatic rings. The Kier molecular flexibility index (Phi) is 8.30. The number of ether oxygens (including phenoxy) is 2. The highest BCUT2D eigenvalue weighted by molar-refractivity contribution is 5.77. The van der Waals surface area contributed by atoms with Crippen molar-refractivity contribution in [3.05, 3.63) is 65.2 Å². The van der Waals surface area contributed by atoms with E-state index in [2.05, 4.69) is 23.1 Å². The maximum absolute atomic E-state index is 12.9. The summed E-state index contributed by atoms with van der Waals surface area (Å²) >= 11 is 0. The first kappa shape index (κ1) is 23.8. The van der Waals surface area contributed by atoms with Gasteiger partial charge in [-0.1, -0.05) is 36.4 Å². The molecule has 1 saturated heterocycles. The molecule has 2 aromatic carbocycles. The molecule has 1 fully saturated rings. The molecule has 1 aliphatic heterocycles. The second kappa shape index (κ2) is 11.2. The molecule has 0 amide bonds. The normalized spacial score (nSPS) is 15.8. The number of piperidine rings is 1. The predicted octanol–water partition coefficient (Wildman–Crippen LogP) is 5.12. The van der Waals surface area contributed by atoms with E-state index < -0.39 is 5.41 Å². The number of nitriles is 1. The molecular formula is C27H34N2O3. The van der Waals surface area contributed by atoms with Crippen molar-refractivity contribution in [1.82, 2.24) is 4.90 Å². The van der Waals surface area contributed by atoms with Crippen LogP contribution in [-0.4, -0.2) is 36.7 Å². The lowest BCUT2D eigenvalue weighted by Gasteiger charge is -2.40. The summed E-state index contributed by atoms with van der Waals surface area (Å²) in [5.74, 6) is 0.574. The number of benzene rings is 2. The lowest BCUT2D eigenvalue weighted by atomic mass is 9.74. The third-order valence-electron chi connectivity index (χ3n) is 6.19. The fraction of sp³-hybridized carbons (Fsp3) is 0.481. The van der Waals surface area contributed by atoms with Crippen LogP contribution in [0.2, 0.25) is 0 Å². The van der Waals surface area contributed by atoms with Crippen molar-refractivity contribution in [3.8, 4) is 11.8 Å². The summed E-state index contributed by atoms with van der Waals surface area (Å²) < 4.78 is 11.2. The van der Waals surface area contributed by atoms with Crippen molar-refractivity contribution in [1.29, 1.82) is 5.26 Å². The number of rotatable bonds is 9. The first-order valence-electron chi connectivity index (χ1n) is 11.6. The number of nitrogens with zero attached hydrogens (tertiary/aromatic N) is 2. The number of carbonyl (C=O) groups is 1. The van der Waals surface area contributed by atoms with Crippen molar-refractivity contribution < 1.29 is 14.3 Å². The quantitative estimate of drug-likeness (QED) is 0.513. The van der Waals surface area contributed by atoms with Crippen LogP contribution in [0.5, 0.6) is 5.75 Å². The van der Waals surface area contributed by atoms with E-state index in [9.17, 15) is 10.1 Å². The summed E-state index contributed by atoms with van der Waals surface area (Å²) in [7, 11) is 0. The molecule has 5 heteroatoms. The van der Waals surface area contributed by atoms with E-state index in [1.807, 2.05) is 57.2 Å². The molecule has 5 nitrogen and oxygen atoms in total. The molecule has 0 aromatic heterocycles. The summed E-state index contributed by atoms with van der Waals surface area (Å²) in [6.45, 7) is 8.62. The van der Waals surface area contributed by atoms with E-state index in [-0.39, 0.29) is 12.1 Å². The zero-order valence-electron chi connectivity index (χ0n) is 19.5. The van der Waals surface area contributed by atoms with Crippen LogP contribution in [0.1, 0.15) is 56.7 Å². The van der Waals surface area contributed by atoms with E-state index in [0.717, 1.165) is 50.9 Å². The maximum Gasteiger partial charge on any atom is 0.312 e. The number of carbonyl (C=O) groups excluding carboxylic acids is 1. The largest absolute Gasteiger partial charge is 0.490 e. The van der Waals surface area contributed by atoms with Crippen LogP contribution in [0.4, 0.5) is 0 Å². The average molecular weight is 435 g/mol. The van der Waals surface area contributed by atoms with E-state index in [1.54, 1.807) is 0 Å². The molecule has 0 unspecified atom stereocenters. The minimum Gasteiger partial charge on any atom is -0.490 e. The molecule has 3 rings (SSSR count). The topological polar surface area (TPSA) is 62.6 Å². The van der Waals surface area contributed by atoms with Crippen LogP contribution in [-0.2, 0) is 22.5 Å². The van der Waals surface area contributed by atoms with Gasteiger partial charge in [0.25, 0.3) is 0 Å². The first-order chi connectivity index (χ1) is 15.5. The zero-order valence-corrected chi connectivity index (χ0v) is 19.5. The Bertz CT molecular complexity index is 926. The molecule has 0 atom stereocenters. The van der Waals surface area contributed by atoms with Gasteiger partial charge in [0.1, 0.15) is 11.8 Å². The van der Waals surface area contributed by atoms with Gasteiger partial charge < -0.3 is 9.47 Å². The first-order valence-corrected chi connectivity index (χ1v) is 11.6. The van der Waals surface area contributed by atoms with E-state index in [1.165, 1.54) is 5.56 Å². The van der Waals surface area contributed by atoms with Crippen LogP contribution >= 0.6 is 0 Å². The molecule has 0 saturated carbocycles. The Labute approximate surface area is 191 Å². The van der Waals surface area contributed by atoms with Gasteiger partial charge in [0.05, 0.1) is 23.7 Å². The van der Waals surface area contributed by atoms with Gasteiger partial charge in [-0.25, -0.2) is 0 Å². The van der Waals surface area contributed by atoms with Gasteiger partial charge in [-0.2, -0.15) is 5.26 Å². The Morgan fingerprint density at radius 1 is 1.12 bits per heavy atom. The van der Waals surface area contributed by atoms with Gasteiger partial charge in [0.2, 0.25) is 0 Å². The Balaban J connectivity index is 1.65. The summed E-state index contributed by atoms with van der Waals surface area (Å²) in [6.07, 6.45) is 3.30. The summed E-state index contributed by atoms with van der Waals surface area (Å²) in [5.41, 5.74) is 2.49. The van der Waals surface area contributed by atoms with Crippen molar-refractivity contribution in [2.45, 2.75) is 59.1 Å². The zero-order chi connectivity index (χ0) is 23.0. The lowest BCUT2D eigenvalue weighted by Crippen LogP contribution is -2.45. The highest BCUT2D eigenvalue weighted by Gasteiger charge is 2.42. The Morgan fingerprint density at radius 3 is 2.47 bits per heavy atom. The Hall–Kier alpha value is -2.84. The van der Waals surface area contributed by atoms with Gasteiger partial charge in [0, 0.05) is 6.54 Å². The van der Waals surface area contributed by atoms with Crippen molar-refractivity contribution in [3.63, 3.8) is 0 Å². The van der Waals surface area contributed by atoms with Gasteiger partial charge in [-0.3, -0.25) is 9.69 Å². The molecule has 2 aromatic rings. The molecule has 0 N–H and O–H groups in total. The number of esters is 1. The highest BCUT2D eigenvalue weighted by Crippen LogP contribution is 2.38. The van der Waals surface area contributed by atoms with Gasteiger partial charge >= 0.3 is 5.97 Å². The summed E-state index contributed by atoms with van der Waals surface area (Å²) in [5, 5.41) is 9.50. The fourth-order valence-electron chi connectivity index (χ4n) is 4.39. The van der Waals surface area contributed by atoms with E-state index in [4.69, 9.17) is 9.47 Å². The van der Waals surface area contributed by atoms with Crippen LogP contribution in [0.15, 0.2) is 48.5 Å². The average Bonchev–Trinajstić information content (AvgIpc) is 2.80. The summed E-state index contributed by atoms with van der Waals surface area (Å²) in [4.78, 5) is 15.3. The second-order valence-corrected chi connectivity index (χ2v) is 8.87. The highest BCUT2D eigenvalue weighted by atomic mass is 16.5. The molecule has 1 heterocycles. The predicted molar refractivity (Wildman–Crippen MR) is 125 cm³/mol. The van der Waals surface area contributed by atoms with Crippen LogP contribution in [0, 0.1) is 16.7 Å². The van der Waals surface area contributed by atoms with Gasteiger partial charge in [-0.05, 0) is 82.8 Å². The van der Waals surface area contributed by atoms with Crippen molar-refractivity contribution in [2.75, 3.05) is 19.7 Å². The maximum atomic E-state index is 12.9. The van der Waals surface area contributed by atoms with E-state index in [0.29, 0.717) is 17.9 Å². The smallest absolute Gasteiger partial charge is 0.312 e. The number of hydrogen-bond donors (Lipinski definition) is 0. The Morgan fingerprint density at radius 2 is 1.84 bits per heavy atom. The minimum atomic E-state index is -0.422. The fourth-order valence-corrected chi connectivity index (χ4v) is 4.39. The van der Waals surface area contributed by atoms with Crippen LogP contribution in [0.3, 0.4) is 0 Å². The van der Waals surface area contributed by atoms with Gasteiger partial charge in [-0.15, -0.1) is 0 Å². The van der Waals surface area contributed by atoms with E-state index >= 15 is 0 Å². The lowest BCUT2D eigenvalue weighted by molar-refractivity contribution is -0.159. The molecule has 0 aliphatic carbocycles. The van der Waals surface area contributed by atoms with Crippen LogP contribution < -0.4 is 4.74 Å². The second-order valence-electron chi connectivity index (χ2n) is 8.87. The molecule has 0 spiro atoms. The number of aryl methyl sites for hydroxylation is 1. The molecule has 32 heavy (non-hydrogen) atoms. The number of hydrogen-bond acceptors (Lipinski definition) is 5. The monoisotopic (exact) mass is 434 g/mol. The van der Waals surface area contributed by atoms with Crippen molar-refractivity contribution in [2.24, 2.45) is 5.41 Å². The molecule has 0 bridgehead atoms. The number of likely N-dealkylation sites (tertiary alicyclic amines) is 1. The minimum absolute atomic E-state index is 0.0296. The molecule has 170 valence electrons. The standard InChI is InChI=1S/C27H34N2O3/c1-4-31-26(30)27(13-12-22-8-6-5-7-9-22)14-16-29(17-15-27)20-23-10-11-25(32-21(2)3)24(18-23)19-28/h5-11,18,21H,4,12-17,20H2,1-3H3. The SMILES string of the molecule is CCOC(=O)C1(CCc2ccccc2)CCN(Cc2ccc(OC(C)C)c(C#N)c2)CC1. The summed E-state index contributed by atoms with van der Waals surface area (Å²) in [6, 6.07) is 18.4. The van der Waals surface area contributed by atoms with Crippen molar-refractivity contribution >= 4 is 5.97 Å². The van der Waals surface area contributed by atoms with Gasteiger partial charge in [0.15, 0.2) is 0 Å². The molecule has 0 radical (unpaired) electrons. The molecular weight excluding hydrogens is 400 g/mol. The van der Waals surface area contributed by atoms with Crippen LogP contribution in [0.25, 0.3) is 0 Å².